The normalized spacial score (nSPS) is 11.2. The molecule has 0 aliphatic carbocycles. The molecule has 0 fully saturated rings. The summed E-state index contributed by atoms with van der Waals surface area (Å²) in [6, 6.07) is 9.01. The fourth-order valence-electron chi connectivity index (χ4n) is 2.58. The molecule has 0 radical (unpaired) electrons. The fraction of sp³-hybridized carbons (Fsp3) is 0.250. The fourth-order valence-corrected chi connectivity index (χ4v) is 2.58. The first kappa shape index (κ1) is 17.5. The van der Waals surface area contributed by atoms with Crippen LogP contribution in [-0.2, 0) is 9.53 Å². The molecule has 0 saturated heterocycles. The van der Waals surface area contributed by atoms with Gasteiger partial charge in [0.1, 0.15) is 11.4 Å². The van der Waals surface area contributed by atoms with Gasteiger partial charge >= 0.3 is 5.97 Å². The molecule has 26 heavy (non-hydrogen) atoms. The monoisotopic (exact) mass is 349 g/mol. The number of aromatic nitrogens is 2. The zero-order valence-electron chi connectivity index (χ0n) is 14.9. The van der Waals surface area contributed by atoms with Crippen LogP contribution in [0.5, 0.6) is 5.75 Å². The molecule has 0 amide bonds. The Kier molecular flexibility index (Phi) is 4.63. The molecule has 2 aromatic heterocycles. The largest absolute Gasteiger partial charge is 0.475 e. The number of fused-ring (bicyclic) bond motifs is 1. The standard InChI is InChI=1S/C20H19N3O3/c1-5-25-19(24)20(2,3)26-17-12-18-22-10-11-23(18)13-16(17)14-6-8-15(21-4)9-7-14/h6-13H,5H2,1-3H3. The molecule has 0 spiro atoms. The Labute approximate surface area is 151 Å². The highest BCUT2D eigenvalue weighted by atomic mass is 16.6. The van der Waals surface area contributed by atoms with Crippen LogP contribution in [0.15, 0.2) is 48.9 Å². The summed E-state index contributed by atoms with van der Waals surface area (Å²) >= 11 is 0. The minimum atomic E-state index is -1.15. The van der Waals surface area contributed by atoms with E-state index in [-0.39, 0.29) is 6.61 Å². The summed E-state index contributed by atoms with van der Waals surface area (Å²) in [4.78, 5) is 19.9. The van der Waals surface area contributed by atoms with E-state index < -0.39 is 11.6 Å². The summed E-state index contributed by atoms with van der Waals surface area (Å²) < 4.78 is 13.0. The van der Waals surface area contributed by atoms with E-state index >= 15 is 0 Å². The van der Waals surface area contributed by atoms with Crippen LogP contribution in [-0.4, -0.2) is 27.6 Å². The van der Waals surface area contributed by atoms with Crippen molar-refractivity contribution >= 4 is 17.3 Å². The Morgan fingerprint density at radius 1 is 1.31 bits per heavy atom. The molecule has 132 valence electrons. The van der Waals surface area contributed by atoms with Crippen molar-refractivity contribution in [1.82, 2.24) is 9.38 Å². The molecule has 2 heterocycles. The van der Waals surface area contributed by atoms with Crippen LogP contribution in [0.1, 0.15) is 20.8 Å². The second-order valence-corrected chi connectivity index (χ2v) is 6.24. The third-order valence-electron chi connectivity index (χ3n) is 3.93. The highest BCUT2D eigenvalue weighted by molar-refractivity contribution is 5.80. The van der Waals surface area contributed by atoms with Crippen molar-refractivity contribution in [2.75, 3.05) is 6.61 Å². The van der Waals surface area contributed by atoms with Crippen molar-refractivity contribution in [1.29, 1.82) is 0 Å². The van der Waals surface area contributed by atoms with E-state index in [0.29, 0.717) is 17.1 Å². The lowest BCUT2D eigenvalue weighted by molar-refractivity contribution is -0.158. The van der Waals surface area contributed by atoms with E-state index in [1.165, 1.54) is 0 Å². The lowest BCUT2D eigenvalue weighted by atomic mass is 10.1. The maximum atomic E-state index is 12.2. The van der Waals surface area contributed by atoms with Crippen molar-refractivity contribution < 1.29 is 14.3 Å². The average molecular weight is 349 g/mol. The number of ether oxygens (including phenoxy) is 2. The smallest absolute Gasteiger partial charge is 0.349 e. The quantitative estimate of drug-likeness (QED) is 0.510. The van der Waals surface area contributed by atoms with E-state index in [4.69, 9.17) is 16.0 Å². The van der Waals surface area contributed by atoms with Gasteiger partial charge in [-0.3, -0.25) is 0 Å². The zero-order valence-corrected chi connectivity index (χ0v) is 14.9. The molecule has 0 atom stereocenters. The van der Waals surface area contributed by atoms with Crippen LogP contribution < -0.4 is 4.74 Å². The maximum Gasteiger partial charge on any atom is 0.349 e. The van der Waals surface area contributed by atoms with Gasteiger partial charge in [-0.1, -0.05) is 24.3 Å². The average Bonchev–Trinajstić information content (AvgIpc) is 3.08. The molecule has 0 N–H and O–H groups in total. The number of hydrogen-bond donors (Lipinski definition) is 0. The number of nitrogens with zero attached hydrogens (tertiary/aromatic N) is 3. The van der Waals surface area contributed by atoms with Gasteiger partial charge in [-0.05, 0) is 26.3 Å². The molecular weight excluding hydrogens is 330 g/mol. The maximum absolute atomic E-state index is 12.2. The molecule has 0 bridgehead atoms. The Morgan fingerprint density at radius 2 is 2.04 bits per heavy atom. The molecule has 6 nitrogen and oxygen atoms in total. The van der Waals surface area contributed by atoms with E-state index in [0.717, 1.165) is 11.1 Å². The second-order valence-electron chi connectivity index (χ2n) is 6.24. The summed E-state index contributed by atoms with van der Waals surface area (Å²) in [5, 5.41) is 0. The van der Waals surface area contributed by atoms with Gasteiger partial charge in [-0.25, -0.2) is 14.6 Å². The molecule has 0 aliphatic rings. The summed E-state index contributed by atoms with van der Waals surface area (Å²) in [5.74, 6) is 0.0924. The third-order valence-corrected chi connectivity index (χ3v) is 3.93. The number of imidazole rings is 1. The summed E-state index contributed by atoms with van der Waals surface area (Å²) in [6.45, 7) is 12.5. The molecular formula is C20H19N3O3. The first-order valence-electron chi connectivity index (χ1n) is 8.25. The predicted molar refractivity (Wildman–Crippen MR) is 98.2 cm³/mol. The minimum absolute atomic E-state index is 0.288. The molecule has 0 unspecified atom stereocenters. The van der Waals surface area contributed by atoms with Crippen LogP contribution in [0.25, 0.3) is 21.6 Å². The van der Waals surface area contributed by atoms with Crippen LogP contribution in [0.3, 0.4) is 0 Å². The number of hydrogen-bond acceptors (Lipinski definition) is 4. The first-order chi connectivity index (χ1) is 12.4. The summed E-state index contributed by atoms with van der Waals surface area (Å²) in [7, 11) is 0. The van der Waals surface area contributed by atoms with Crippen LogP contribution in [0.2, 0.25) is 0 Å². The number of carbonyl (C=O) groups excluding carboxylic acids is 1. The van der Waals surface area contributed by atoms with E-state index in [9.17, 15) is 4.79 Å². The minimum Gasteiger partial charge on any atom is -0.475 e. The van der Waals surface area contributed by atoms with Gasteiger partial charge in [-0.2, -0.15) is 0 Å². The number of rotatable bonds is 5. The van der Waals surface area contributed by atoms with Crippen molar-refractivity contribution in [2.45, 2.75) is 26.4 Å². The van der Waals surface area contributed by atoms with Crippen LogP contribution in [0.4, 0.5) is 5.69 Å². The Balaban J connectivity index is 2.07. The lowest BCUT2D eigenvalue weighted by Gasteiger charge is -2.25. The van der Waals surface area contributed by atoms with Crippen molar-refractivity contribution in [3.05, 3.63) is 60.3 Å². The molecule has 3 rings (SSSR count). The van der Waals surface area contributed by atoms with Gasteiger partial charge in [0.15, 0.2) is 11.3 Å². The number of pyridine rings is 1. The van der Waals surface area contributed by atoms with Crippen LogP contribution >= 0.6 is 0 Å². The van der Waals surface area contributed by atoms with Crippen LogP contribution in [0, 0.1) is 6.57 Å². The van der Waals surface area contributed by atoms with E-state index in [2.05, 4.69) is 9.83 Å². The lowest BCUT2D eigenvalue weighted by Crippen LogP contribution is -2.39. The number of esters is 1. The Hall–Kier alpha value is -3.33. The van der Waals surface area contributed by atoms with Gasteiger partial charge in [0.25, 0.3) is 0 Å². The molecule has 6 heteroatoms. The SMILES string of the molecule is [C-]#[N+]c1ccc(-c2cn3ccnc3cc2OC(C)(C)C(=O)OCC)cc1. The Morgan fingerprint density at radius 3 is 2.69 bits per heavy atom. The van der Waals surface area contributed by atoms with Crippen molar-refractivity contribution in [3.63, 3.8) is 0 Å². The molecule has 0 aliphatic heterocycles. The Bertz CT molecular complexity index is 982. The summed E-state index contributed by atoms with van der Waals surface area (Å²) in [5.41, 5.74) is 1.80. The predicted octanol–water partition coefficient (Wildman–Crippen LogP) is 4.27. The van der Waals surface area contributed by atoms with E-state index in [1.54, 1.807) is 45.2 Å². The van der Waals surface area contributed by atoms with E-state index in [1.807, 2.05) is 28.9 Å². The topological polar surface area (TPSA) is 57.2 Å². The third kappa shape index (κ3) is 3.38. The number of carbonyl (C=O) groups is 1. The first-order valence-corrected chi connectivity index (χ1v) is 8.25. The van der Waals surface area contributed by atoms with Gasteiger partial charge in [0.2, 0.25) is 0 Å². The molecule has 3 aromatic rings. The van der Waals surface area contributed by atoms with Gasteiger partial charge < -0.3 is 13.9 Å². The highest BCUT2D eigenvalue weighted by Gasteiger charge is 2.32. The number of benzene rings is 1. The van der Waals surface area contributed by atoms with Gasteiger partial charge in [-0.15, -0.1) is 0 Å². The highest BCUT2D eigenvalue weighted by Crippen LogP contribution is 2.34. The van der Waals surface area contributed by atoms with Crippen molar-refractivity contribution in [2.24, 2.45) is 0 Å². The molecule has 1 aromatic carbocycles. The van der Waals surface area contributed by atoms with Crippen molar-refractivity contribution in [3.8, 4) is 16.9 Å². The molecule has 0 saturated carbocycles. The summed E-state index contributed by atoms with van der Waals surface area (Å²) in [6.07, 6.45) is 5.43. The zero-order chi connectivity index (χ0) is 18.7. The van der Waals surface area contributed by atoms with Gasteiger partial charge in [0, 0.05) is 30.2 Å². The second kappa shape index (κ2) is 6.89. The van der Waals surface area contributed by atoms with Gasteiger partial charge in [0.05, 0.1) is 13.2 Å².